The number of hydrogen-bond acceptors (Lipinski definition) is 2. The van der Waals surface area contributed by atoms with Gasteiger partial charge in [-0.25, -0.2) is 4.98 Å². The molecule has 0 amide bonds. The van der Waals surface area contributed by atoms with Crippen LogP contribution in [0.15, 0.2) is 22.9 Å². The van der Waals surface area contributed by atoms with Crippen molar-refractivity contribution in [3.63, 3.8) is 0 Å². The number of aryl methyl sites for hydroxylation is 1. The first kappa shape index (κ1) is 9.68. The highest BCUT2D eigenvalue weighted by atomic mass is 79.9. The second kappa shape index (κ2) is 3.71. The van der Waals surface area contributed by atoms with Crippen molar-refractivity contribution in [1.29, 1.82) is 0 Å². The van der Waals surface area contributed by atoms with Gasteiger partial charge in [0.05, 0.1) is 12.1 Å². The minimum atomic E-state index is 0.774. The van der Waals surface area contributed by atoms with Crippen LogP contribution in [0, 0.1) is 6.92 Å². The number of imidazole rings is 1. The quantitative estimate of drug-likeness (QED) is 0.889. The van der Waals surface area contributed by atoms with E-state index in [2.05, 4.69) is 43.6 Å². The van der Waals surface area contributed by atoms with Gasteiger partial charge in [-0.05, 0) is 41.5 Å². The number of fused-ring (bicyclic) bond motifs is 1. The number of nitrogens with zero attached hydrogens (tertiary/aromatic N) is 2. The molecular weight excluding hydrogens is 242 g/mol. The third-order valence-corrected chi connectivity index (χ3v) is 2.78. The van der Waals surface area contributed by atoms with Gasteiger partial charge in [0.2, 0.25) is 0 Å². The van der Waals surface area contributed by atoms with Gasteiger partial charge < -0.3 is 9.72 Å². The summed E-state index contributed by atoms with van der Waals surface area (Å²) >= 11 is 3.48. The molecule has 0 aliphatic rings. The van der Waals surface area contributed by atoms with E-state index in [9.17, 15) is 0 Å². The molecule has 2 rings (SSSR count). The molecule has 2 heterocycles. The largest absolute Gasteiger partial charge is 0.313 e. The molecule has 0 aromatic carbocycles. The smallest absolute Gasteiger partial charge is 0.132 e. The van der Waals surface area contributed by atoms with Crippen LogP contribution in [-0.2, 0) is 6.54 Å². The third kappa shape index (κ3) is 1.44. The Morgan fingerprint density at radius 1 is 1.57 bits per heavy atom. The Labute approximate surface area is 91.3 Å². The van der Waals surface area contributed by atoms with E-state index in [1.165, 1.54) is 5.56 Å². The third-order valence-electron chi connectivity index (χ3n) is 2.23. The first-order valence-electron chi connectivity index (χ1n) is 4.50. The Bertz CT molecular complexity index is 462. The molecule has 0 spiro atoms. The van der Waals surface area contributed by atoms with Crippen molar-refractivity contribution in [2.45, 2.75) is 13.5 Å². The molecule has 0 radical (unpaired) electrons. The van der Waals surface area contributed by atoms with Crippen molar-refractivity contribution in [1.82, 2.24) is 14.7 Å². The van der Waals surface area contributed by atoms with Crippen molar-refractivity contribution in [3.05, 3.63) is 34.3 Å². The van der Waals surface area contributed by atoms with Gasteiger partial charge in [0.25, 0.3) is 0 Å². The summed E-state index contributed by atoms with van der Waals surface area (Å²) in [5.74, 6) is 1.03. The summed E-state index contributed by atoms with van der Waals surface area (Å²) in [6.07, 6.45) is 2.03. The minimum Gasteiger partial charge on any atom is -0.313 e. The summed E-state index contributed by atoms with van der Waals surface area (Å²) < 4.78 is 3.02. The van der Waals surface area contributed by atoms with Crippen molar-refractivity contribution < 1.29 is 0 Å². The van der Waals surface area contributed by atoms with Crippen LogP contribution in [0.2, 0.25) is 0 Å². The fourth-order valence-electron chi connectivity index (χ4n) is 1.60. The van der Waals surface area contributed by atoms with Gasteiger partial charge in [-0.1, -0.05) is 6.07 Å². The maximum atomic E-state index is 4.46. The summed E-state index contributed by atoms with van der Waals surface area (Å²) in [7, 11) is 1.92. The molecule has 0 unspecified atom stereocenters. The molecule has 0 atom stereocenters. The lowest BCUT2D eigenvalue weighted by molar-refractivity contribution is 0.754. The zero-order valence-electron chi connectivity index (χ0n) is 8.21. The molecule has 0 saturated carbocycles. The fraction of sp³-hybridized carbons (Fsp3) is 0.300. The van der Waals surface area contributed by atoms with Crippen LogP contribution in [0.25, 0.3) is 5.52 Å². The van der Waals surface area contributed by atoms with Crippen molar-refractivity contribution in [2.75, 3.05) is 7.05 Å². The van der Waals surface area contributed by atoms with Crippen LogP contribution in [-0.4, -0.2) is 16.4 Å². The maximum absolute atomic E-state index is 4.46. The Kier molecular flexibility index (Phi) is 2.56. The zero-order chi connectivity index (χ0) is 10.1. The second-order valence-corrected chi connectivity index (χ2v) is 4.01. The van der Waals surface area contributed by atoms with Crippen molar-refractivity contribution >= 4 is 21.4 Å². The molecular formula is C10H12BrN3. The van der Waals surface area contributed by atoms with E-state index >= 15 is 0 Å². The summed E-state index contributed by atoms with van der Waals surface area (Å²) in [4.78, 5) is 4.46. The van der Waals surface area contributed by atoms with Gasteiger partial charge in [-0.2, -0.15) is 0 Å². The zero-order valence-corrected chi connectivity index (χ0v) is 9.80. The standard InChI is InChI=1S/C10H12BrN3/c1-7-4-3-5-14-8(6-12-2)13-10(11)9(7)14/h3-5,12H,6H2,1-2H3. The normalized spacial score (nSPS) is 11.1. The highest BCUT2D eigenvalue weighted by Crippen LogP contribution is 2.21. The molecule has 3 nitrogen and oxygen atoms in total. The van der Waals surface area contributed by atoms with Gasteiger partial charge in [-0.15, -0.1) is 0 Å². The average Bonchev–Trinajstić information content (AvgIpc) is 2.46. The second-order valence-electron chi connectivity index (χ2n) is 3.26. The summed E-state index contributed by atoms with van der Waals surface area (Å²) in [5, 5.41) is 3.10. The first-order chi connectivity index (χ1) is 6.74. The maximum Gasteiger partial charge on any atom is 0.132 e. The SMILES string of the molecule is CNCc1nc(Br)c2c(C)cccn12. The molecule has 0 aliphatic heterocycles. The van der Waals surface area contributed by atoms with Crippen LogP contribution in [0.5, 0.6) is 0 Å². The summed E-state index contributed by atoms with van der Waals surface area (Å²) in [6, 6.07) is 4.13. The Morgan fingerprint density at radius 3 is 3.07 bits per heavy atom. The van der Waals surface area contributed by atoms with Crippen molar-refractivity contribution in [3.8, 4) is 0 Å². The fourth-order valence-corrected chi connectivity index (χ4v) is 2.31. The van der Waals surface area contributed by atoms with E-state index in [1.54, 1.807) is 0 Å². The Morgan fingerprint density at radius 2 is 2.36 bits per heavy atom. The number of aromatic nitrogens is 2. The summed E-state index contributed by atoms with van der Waals surface area (Å²) in [6.45, 7) is 2.86. The lowest BCUT2D eigenvalue weighted by Crippen LogP contribution is -2.08. The highest BCUT2D eigenvalue weighted by Gasteiger charge is 2.09. The number of halogens is 1. The van der Waals surface area contributed by atoms with Crippen LogP contribution in [0.3, 0.4) is 0 Å². The van der Waals surface area contributed by atoms with E-state index < -0.39 is 0 Å². The molecule has 2 aromatic rings. The van der Waals surface area contributed by atoms with Crippen LogP contribution in [0.4, 0.5) is 0 Å². The average molecular weight is 254 g/mol. The lowest BCUT2D eigenvalue weighted by Gasteiger charge is -2.01. The van der Waals surface area contributed by atoms with E-state index in [0.717, 1.165) is 22.5 Å². The monoisotopic (exact) mass is 253 g/mol. The molecule has 74 valence electrons. The van der Waals surface area contributed by atoms with E-state index in [-0.39, 0.29) is 0 Å². The molecule has 14 heavy (non-hydrogen) atoms. The Balaban J connectivity index is 2.71. The molecule has 2 aromatic heterocycles. The number of pyridine rings is 1. The van der Waals surface area contributed by atoms with E-state index in [0.29, 0.717) is 0 Å². The van der Waals surface area contributed by atoms with Crippen LogP contribution in [0.1, 0.15) is 11.4 Å². The van der Waals surface area contributed by atoms with Gasteiger partial charge in [0.1, 0.15) is 10.4 Å². The number of rotatable bonds is 2. The van der Waals surface area contributed by atoms with Crippen LogP contribution >= 0.6 is 15.9 Å². The van der Waals surface area contributed by atoms with E-state index in [1.807, 2.05) is 19.3 Å². The number of nitrogens with one attached hydrogen (secondary N) is 1. The summed E-state index contributed by atoms with van der Waals surface area (Å²) in [5.41, 5.74) is 2.38. The highest BCUT2D eigenvalue weighted by molar-refractivity contribution is 9.10. The van der Waals surface area contributed by atoms with Crippen molar-refractivity contribution in [2.24, 2.45) is 0 Å². The molecule has 0 saturated heterocycles. The molecule has 0 fully saturated rings. The first-order valence-corrected chi connectivity index (χ1v) is 5.30. The minimum absolute atomic E-state index is 0.774. The molecule has 4 heteroatoms. The predicted octanol–water partition coefficient (Wildman–Crippen LogP) is 2.12. The lowest BCUT2D eigenvalue weighted by atomic mass is 10.3. The van der Waals surface area contributed by atoms with E-state index in [4.69, 9.17) is 0 Å². The van der Waals surface area contributed by atoms with Crippen LogP contribution < -0.4 is 5.32 Å². The predicted molar refractivity (Wildman–Crippen MR) is 60.4 cm³/mol. The topological polar surface area (TPSA) is 29.3 Å². The Hall–Kier alpha value is -0.870. The molecule has 0 aliphatic carbocycles. The molecule has 1 N–H and O–H groups in total. The number of hydrogen-bond donors (Lipinski definition) is 1. The van der Waals surface area contributed by atoms with Gasteiger partial charge >= 0.3 is 0 Å². The van der Waals surface area contributed by atoms with Gasteiger partial charge in [0.15, 0.2) is 0 Å². The van der Waals surface area contributed by atoms with Gasteiger partial charge in [-0.3, -0.25) is 0 Å². The van der Waals surface area contributed by atoms with Gasteiger partial charge in [0, 0.05) is 6.20 Å². The molecule has 0 bridgehead atoms.